The summed E-state index contributed by atoms with van der Waals surface area (Å²) in [7, 11) is 0. The molecule has 8 heteroatoms. The highest BCUT2D eigenvalue weighted by atomic mass is 35.5. The molecule has 0 saturated carbocycles. The first-order chi connectivity index (χ1) is 11.9. The Morgan fingerprint density at radius 1 is 1.16 bits per heavy atom. The van der Waals surface area contributed by atoms with Crippen molar-refractivity contribution >= 4 is 52.4 Å². The molecule has 0 spiro atoms. The largest absolute Gasteiger partial charge is 0.460 e. The van der Waals surface area contributed by atoms with Gasteiger partial charge in [0.25, 0.3) is 0 Å². The quantitative estimate of drug-likeness (QED) is 0.566. The fraction of sp³-hybridized carbons (Fsp3) is 0.294. The first-order valence-electron chi connectivity index (χ1n) is 7.46. The van der Waals surface area contributed by atoms with E-state index in [0.29, 0.717) is 18.5 Å². The Morgan fingerprint density at radius 3 is 2.48 bits per heavy atom. The molecule has 0 fully saturated rings. The van der Waals surface area contributed by atoms with Crippen LogP contribution in [0.2, 0.25) is 0 Å². The minimum Gasteiger partial charge on any atom is -0.460 e. The second-order valence-corrected chi connectivity index (χ2v) is 6.83. The van der Waals surface area contributed by atoms with Gasteiger partial charge in [0.1, 0.15) is 16.9 Å². The highest BCUT2D eigenvalue weighted by molar-refractivity contribution is 6.59. The monoisotopic (exact) mass is 405 g/mol. The van der Waals surface area contributed by atoms with Gasteiger partial charge in [0.2, 0.25) is 5.91 Å². The van der Waals surface area contributed by atoms with Gasteiger partial charge in [-0.25, -0.2) is 4.39 Å². The fourth-order valence-corrected chi connectivity index (χ4v) is 2.63. The first kappa shape index (κ1) is 19.8. The van der Waals surface area contributed by atoms with Crippen molar-refractivity contribution in [1.82, 2.24) is 0 Å². The molecule has 0 unspecified atom stereocenters. The SMILES string of the molecule is O=C(OCC(Cl)=C(Cl)Cl)[C@H]1CC=CC[C@H]1C(=O)Nc1cccc(F)c1. The Labute approximate surface area is 159 Å². The minimum atomic E-state index is -0.669. The number of carbonyl (C=O) groups is 2. The lowest BCUT2D eigenvalue weighted by atomic mass is 9.82. The molecule has 2 atom stereocenters. The van der Waals surface area contributed by atoms with E-state index in [1.165, 1.54) is 18.2 Å². The van der Waals surface area contributed by atoms with Crippen LogP contribution in [0.5, 0.6) is 0 Å². The molecule has 0 radical (unpaired) electrons. The third kappa shape index (κ3) is 5.73. The summed E-state index contributed by atoms with van der Waals surface area (Å²) in [6.45, 7) is -0.263. The highest BCUT2D eigenvalue weighted by Crippen LogP contribution is 2.29. The van der Waals surface area contributed by atoms with Crippen LogP contribution < -0.4 is 5.32 Å². The van der Waals surface area contributed by atoms with E-state index < -0.39 is 23.6 Å². The van der Waals surface area contributed by atoms with E-state index in [1.54, 1.807) is 6.07 Å². The Balaban J connectivity index is 2.04. The molecular weight excluding hydrogens is 392 g/mol. The molecule has 1 aromatic carbocycles. The third-order valence-electron chi connectivity index (χ3n) is 3.71. The second-order valence-electron chi connectivity index (χ2n) is 5.43. The van der Waals surface area contributed by atoms with Gasteiger partial charge < -0.3 is 10.1 Å². The average Bonchev–Trinajstić information content (AvgIpc) is 2.59. The third-order valence-corrected chi connectivity index (χ3v) is 4.66. The predicted molar refractivity (Wildman–Crippen MR) is 95.9 cm³/mol. The summed E-state index contributed by atoms with van der Waals surface area (Å²) >= 11 is 16.7. The van der Waals surface area contributed by atoms with Crippen LogP contribution in [0.25, 0.3) is 0 Å². The van der Waals surface area contributed by atoms with Crippen LogP contribution in [0.3, 0.4) is 0 Å². The molecule has 0 saturated heterocycles. The highest BCUT2D eigenvalue weighted by Gasteiger charge is 2.35. The molecule has 1 aliphatic carbocycles. The van der Waals surface area contributed by atoms with Crippen molar-refractivity contribution in [2.45, 2.75) is 12.8 Å². The summed E-state index contributed by atoms with van der Waals surface area (Å²) in [6.07, 6.45) is 4.36. The molecule has 25 heavy (non-hydrogen) atoms. The van der Waals surface area contributed by atoms with Crippen LogP contribution in [0.4, 0.5) is 10.1 Å². The van der Waals surface area contributed by atoms with E-state index in [0.717, 1.165) is 0 Å². The van der Waals surface area contributed by atoms with E-state index in [2.05, 4.69) is 5.32 Å². The van der Waals surface area contributed by atoms with Crippen LogP contribution in [0.15, 0.2) is 45.9 Å². The number of ether oxygens (including phenoxy) is 1. The minimum absolute atomic E-state index is 0.00352. The summed E-state index contributed by atoms with van der Waals surface area (Å²) in [4.78, 5) is 24.8. The molecule has 0 bridgehead atoms. The normalized spacial score (nSPS) is 19.2. The van der Waals surface area contributed by atoms with E-state index in [-0.39, 0.29) is 22.0 Å². The summed E-state index contributed by atoms with van der Waals surface area (Å²) in [5.41, 5.74) is 0.326. The number of halogens is 4. The standard InChI is InChI=1S/C17H15Cl3FNO3/c18-14(15(19)20)9-25-17(24)13-7-2-1-6-12(13)16(23)22-11-5-3-4-10(21)8-11/h1-5,8,12-13H,6-7,9H2,(H,22,23)/t12-,13+/m1/s1. The second kappa shape index (κ2) is 9.22. The smallest absolute Gasteiger partial charge is 0.310 e. The Morgan fingerprint density at radius 2 is 1.84 bits per heavy atom. The van der Waals surface area contributed by atoms with Crippen molar-refractivity contribution in [3.05, 3.63) is 51.8 Å². The van der Waals surface area contributed by atoms with E-state index in [9.17, 15) is 14.0 Å². The zero-order chi connectivity index (χ0) is 18.4. The molecule has 1 N–H and O–H groups in total. The van der Waals surface area contributed by atoms with Gasteiger partial charge in [0.05, 0.1) is 16.9 Å². The van der Waals surface area contributed by atoms with Crippen LogP contribution >= 0.6 is 34.8 Å². The number of allylic oxidation sites excluding steroid dienone is 2. The summed E-state index contributed by atoms with van der Waals surface area (Å²) < 4.78 is 18.1. The van der Waals surface area contributed by atoms with Crippen molar-refractivity contribution in [2.24, 2.45) is 11.8 Å². The van der Waals surface area contributed by atoms with Crippen molar-refractivity contribution < 1.29 is 18.7 Å². The molecule has 1 amide bonds. The summed E-state index contributed by atoms with van der Waals surface area (Å²) in [6, 6.07) is 5.54. The number of carbonyl (C=O) groups excluding carboxylic acids is 2. The number of anilines is 1. The molecule has 0 aromatic heterocycles. The molecule has 1 aliphatic rings. The molecular formula is C17H15Cl3FNO3. The first-order valence-corrected chi connectivity index (χ1v) is 8.59. The molecule has 134 valence electrons. The lowest BCUT2D eigenvalue weighted by Crippen LogP contribution is -2.36. The number of hydrogen-bond acceptors (Lipinski definition) is 3. The van der Waals surface area contributed by atoms with Crippen LogP contribution in [-0.2, 0) is 14.3 Å². The number of rotatable bonds is 5. The fourth-order valence-electron chi connectivity index (χ4n) is 2.46. The predicted octanol–water partition coefficient (Wildman–Crippen LogP) is 4.78. The van der Waals surface area contributed by atoms with Gasteiger partial charge in [-0.3, -0.25) is 9.59 Å². The van der Waals surface area contributed by atoms with Crippen molar-refractivity contribution in [3.8, 4) is 0 Å². The van der Waals surface area contributed by atoms with Gasteiger partial charge in [-0.05, 0) is 31.0 Å². The molecule has 0 heterocycles. The van der Waals surface area contributed by atoms with Gasteiger partial charge in [-0.1, -0.05) is 53.0 Å². The van der Waals surface area contributed by atoms with Crippen molar-refractivity contribution in [3.63, 3.8) is 0 Å². The van der Waals surface area contributed by atoms with Crippen LogP contribution in [0.1, 0.15) is 12.8 Å². The zero-order valence-electron chi connectivity index (χ0n) is 13.0. The number of hydrogen-bond donors (Lipinski definition) is 1. The maximum Gasteiger partial charge on any atom is 0.310 e. The zero-order valence-corrected chi connectivity index (χ0v) is 15.2. The molecule has 1 aromatic rings. The average molecular weight is 407 g/mol. The van der Waals surface area contributed by atoms with Gasteiger partial charge in [-0.2, -0.15) is 0 Å². The topological polar surface area (TPSA) is 55.4 Å². The van der Waals surface area contributed by atoms with Gasteiger partial charge in [0.15, 0.2) is 0 Å². The Bertz CT molecular complexity index is 717. The van der Waals surface area contributed by atoms with E-state index in [1.807, 2.05) is 12.2 Å². The van der Waals surface area contributed by atoms with Gasteiger partial charge in [-0.15, -0.1) is 0 Å². The van der Waals surface area contributed by atoms with Gasteiger partial charge in [0, 0.05) is 5.69 Å². The van der Waals surface area contributed by atoms with Gasteiger partial charge >= 0.3 is 5.97 Å². The van der Waals surface area contributed by atoms with Crippen LogP contribution in [0, 0.1) is 17.7 Å². The summed E-state index contributed by atoms with van der Waals surface area (Å²) in [5, 5.41) is 2.63. The number of benzene rings is 1. The lowest BCUT2D eigenvalue weighted by Gasteiger charge is -2.26. The molecule has 0 aliphatic heterocycles. The van der Waals surface area contributed by atoms with Crippen molar-refractivity contribution in [1.29, 1.82) is 0 Å². The number of esters is 1. The van der Waals surface area contributed by atoms with Crippen LogP contribution in [-0.4, -0.2) is 18.5 Å². The Hall–Kier alpha value is -1.56. The molecule has 4 nitrogen and oxygen atoms in total. The van der Waals surface area contributed by atoms with E-state index >= 15 is 0 Å². The number of amides is 1. The number of nitrogens with one attached hydrogen (secondary N) is 1. The lowest BCUT2D eigenvalue weighted by molar-refractivity contribution is -0.151. The molecule has 2 rings (SSSR count). The maximum absolute atomic E-state index is 13.2. The maximum atomic E-state index is 13.2. The summed E-state index contributed by atoms with van der Waals surface area (Å²) in [5.74, 6) is -2.71. The Kier molecular flexibility index (Phi) is 7.29. The van der Waals surface area contributed by atoms with E-state index in [4.69, 9.17) is 39.5 Å². The van der Waals surface area contributed by atoms with Crippen molar-refractivity contribution in [2.75, 3.05) is 11.9 Å².